The molecule has 0 aromatic rings. The fourth-order valence-corrected chi connectivity index (χ4v) is 1.30. The summed E-state index contributed by atoms with van der Waals surface area (Å²) in [4.78, 5) is 0. The first kappa shape index (κ1) is 8.97. The van der Waals surface area contributed by atoms with Crippen LogP contribution in [-0.4, -0.2) is 37.0 Å². The predicted molar refractivity (Wildman–Crippen MR) is 43.5 cm³/mol. The Labute approximate surface area is 67.7 Å². The zero-order valence-corrected chi connectivity index (χ0v) is 7.05. The lowest BCUT2D eigenvalue weighted by Gasteiger charge is -2.18. The number of rotatable bonds is 4. The molecule has 1 rings (SSSR count). The molecule has 1 saturated heterocycles. The van der Waals surface area contributed by atoms with E-state index in [9.17, 15) is 0 Å². The summed E-state index contributed by atoms with van der Waals surface area (Å²) in [7, 11) is 0. The molecule has 0 aromatic heterocycles. The fraction of sp³-hybridized carbons (Fsp3) is 1.00. The van der Waals surface area contributed by atoms with Crippen molar-refractivity contribution >= 4 is 0 Å². The van der Waals surface area contributed by atoms with Crippen LogP contribution in [0.15, 0.2) is 0 Å². The summed E-state index contributed by atoms with van der Waals surface area (Å²) in [6, 6.07) is 0.716. The van der Waals surface area contributed by atoms with E-state index in [1.165, 1.54) is 0 Å². The van der Waals surface area contributed by atoms with Gasteiger partial charge in [0.25, 0.3) is 0 Å². The lowest BCUT2D eigenvalue weighted by atomic mass is 10.2. The molecule has 3 heteroatoms. The van der Waals surface area contributed by atoms with E-state index in [2.05, 4.69) is 12.2 Å². The summed E-state index contributed by atoms with van der Waals surface area (Å²) in [6.07, 6.45) is 2.06. The molecule has 0 radical (unpaired) electrons. The quantitative estimate of drug-likeness (QED) is 0.613. The Balaban J connectivity index is 2.16. The van der Waals surface area contributed by atoms with Crippen molar-refractivity contribution in [2.75, 3.05) is 19.8 Å². The minimum atomic E-state index is 0.229. The molecule has 0 bridgehead atoms. The molecule has 3 nitrogen and oxygen atoms in total. The third-order valence-electron chi connectivity index (χ3n) is 2.11. The van der Waals surface area contributed by atoms with Crippen LogP contribution in [0.25, 0.3) is 0 Å². The van der Waals surface area contributed by atoms with Crippen molar-refractivity contribution in [3.8, 4) is 0 Å². The van der Waals surface area contributed by atoms with Crippen LogP contribution in [0.1, 0.15) is 19.8 Å². The number of hydrogen-bond donors (Lipinski definition) is 2. The highest BCUT2D eigenvalue weighted by atomic mass is 16.5. The van der Waals surface area contributed by atoms with Gasteiger partial charge in [-0.25, -0.2) is 0 Å². The maximum atomic E-state index is 8.88. The first-order chi connectivity index (χ1) is 5.36. The van der Waals surface area contributed by atoms with Gasteiger partial charge < -0.3 is 15.2 Å². The summed E-state index contributed by atoms with van der Waals surface area (Å²) in [6.45, 7) is 3.97. The number of ether oxygens (including phenoxy) is 1. The van der Waals surface area contributed by atoms with E-state index in [1.807, 2.05) is 0 Å². The third kappa shape index (κ3) is 2.77. The maximum Gasteiger partial charge on any atom is 0.0620 e. The first-order valence-corrected chi connectivity index (χ1v) is 4.31. The molecule has 0 aliphatic carbocycles. The van der Waals surface area contributed by atoms with Gasteiger partial charge in [-0.05, 0) is 12.8 Å². The minimum Gasteiger partial charge on any atom is -0.395 e. The van der Waals surface area contributed by atoms with E-state index in [0.29, 0.717) is 6.04 Å². The van der Waals surface area contributed by atoms with Crippen molar-refractivity contribution in [2.24, 2.45) is 0 Å². The molecule has 2 N–H and O–H groups in total. The summed E-state index contributed by atoms with van der Waals surface area (Å²) in [5.74, 6) is 0. The second-order valence-corrected chi connectivity index (χ2v) is 3.01. The van der Waals surface area contributed by atoms with Crippen molar-refractivity contribution in [2.45, 2.75) is 31.8 Å². The Morgan fingerprint density at radius 2 is 2.55 bits per heavy atom. The molecule has 0 amide bonds. The summed E-state index contributed by atoms with van der Waals surface area (Å²) >= 11 is 0. The van der Waals surface area contributed by atoms with Gasteiger partial charge in [0.2, 0.25) is 0 Å². The van der Waals surface area contributed by atoms with E-state index in [0.717, 1.165) is 26.1 Å². The maximum absolute atomic E-state index is 8.88. The Morgan fingerprint density at radius 1 is 1.73 bits per heavy atom. The second kappa shape index (κ2) is 4.70. The standard InChI is InChI=1S/C8H17NO2/c1-2-7(5-10)9-8-3-4-11-6-8/h7-10H,2-6H2,1H3/t7-,8?/m0/s1. The highest BCUT2D eigenvalue weighted by molar-refractivity contribution is 4.75. The van der Waals surface area contributed by atoms with Gasteiger partial charge in [-0.1, -0.05) is 6.92 Å². The van der Waals surface area contributed by atoms with E-state index in [-0.39, 0.29) is 12.6 Å². The molecule has 1 aliphatic heterocycles. The number of hydrogen-bond acceptors (Lipinski definition) is 3. The molecule has 0 spiro atoms. The van der Waals surface area contributed by atoms with Crippen LogP contribution in [0, 0.1) is 0 Å². The number of aliphatic hydroxyl groups is 1. The molecule has 1 heterocycles. The van der Waals surface area contributed by atoms with Crippen LogP contribution in [0.4, 0.5) is 0 Å². The SMILES string of the molecule is CC[C@@H](CO)NC1CCOC1. The van der Waals surface area contributed by atoms with Crippen molar-refractivity contribution in [3.63, 3.8) is 0 Å². The highest BCUT2D eigenvalue weighted by Gasteiger charge is 2.17. The second-order valence-electron chi connectivity index (χ2n) is 3.01. The molecule has 0 aromatic carbocycles. The van der Waals surface area contributed by atoms with Gasteiger partial charge >= 0.3 is 0 Å². The van der Waals surface area contributed by atoms with Gasteiger partial charge in [0, 0.05) is 18.7 Å². The van der Waals surface area contributed by atoms with Gasteiger partial charge in [0.05, 0.1) is 13.2 Å². The van der Waals surface area contributed by atoms with Crippen molar-refractivity contribution in [3.05, 3.63) is 0 Å². The van der Waals surface area contributed by atoms with Gasteiger partial charge in [-0.15, -0.1) is 0 Å². The normalized spacial score (nSPS) is 27.3. The molecular formula is C8H17NO2. The lowest BCUT2D eigenvalue weighted by Crippen LogP contribution is -2.40. The van der Waals surface area contributed by atoms with Gasteiger partial charge in [0.1, 0.15) is 0 Å². The smallest absolute Gasteiger partial charge is 0.0620 e. The molecule has 1 unspecified atom stereocenters. The summed E-state index contributed by atoms with van der Waals surface area (Å²) in [5.41, 5.74) is 0. The molecule has 1 aliphatic rings. The zero-order valence-electron chi connectivity index (χ0n) is 7.05. The summed E-state index contributed by atoms with van der Waals surface area (Å²) in [5, 5.41) is 12.2. The third-order valence-corrected chi connectivity index (χ3v) is 2.11. The average molecular weight is 159 g/mol. The van der Waals surface area contributed by atoms with Crippen molar-refractivity contribution in [1.29, 1.82) is 0 Å². The Hall–Kier alpha value is -0.120. The Kier molecular flexibility index (Phi) is 3.83. The number of aliphatic hydroxyl groups excluding tert-OH is 1. The molecule has 0 saturated carbocycles. The lowest BCUT2D eigenvalue weighted by molar-refractivity contribution is 0.179. The van der Waals surface area contributed by atoms with Gasteiger partial charge in [-0.2, -0.15) is 0 Å². The van der Waals surface area contributed by atoms with E-state index >= 15 is 0 Å². The van der Waals surface area contributed by atoms with Gasteiger partial charge in [0.15, 0.2) is 0 Å². The monoisotopic (exact) mass is 159 g/mol. The Morgan fingerprint density at radius 3 is 3.00 bits per heavy atom. The topological polar surface area (TPSA) is 41.5 Å². The molecule has 1 fully saturated rings. The van der Waals surface area contributed by atoms with Crippen LogP contribution >= 0.6 is 0 Å². The van der Waals surface area contributed by atoms with Crippen LogP contribution < -0.4 is 5.32 Å². The molecule has 2 atom stereocenters. The summed E-state index contributed by atoms with van der Waals surface area (Å²) < 4.78 is 5.20. The Bertz CT molecular complexity index is 98.3. The fourth-order valence-electron chi connectivity index (χ4n) is 1.30. The minimum absolute atomic E-state index is 0.229. The zero-order chi connectivity index (χ0) is 8.10. The predicted octanol–water partition coefficient (Wildman–Crippen LogP) is 0.136. The largest absolute Gasteiger partial charge is 0.395 e. The average Bonchev–Trinajstić information content (AvgIpc) is 2.52. The number of nitrogens with one attached hydrogen (secondary N) is 1. The van der Waals surface area contributed by atoms with Gasteiger partial charge in [-0.3, -0.25) is 0 Å². The van der Waals surface area contributed by atoms with E-state index in [4.69, 9.17) is 9.84 Å². The highest BCUT2D eigenvalue weighted by Crippen LogP contribution is 2.05. The molecule has 11 heavy (non-hydrogen) atoms. The first-order valence-electron chi connectivity index (χ1n) is 4.31. The van der Waals surface area contributed by atoms with E-state index in [1.54, 1.807) is 0 Å². The molecule has 66 valence electrons. The van der Waals surface area contributed by atoms with Crippen LogP contribution in [0.2, 0.25) is 0 Å². The van der Waals surface area contributed by atoms with Crippen molar-refractivity contribution in [1.82, 2.24) is 5.32 Å². The van der Waals surface area contributed by atoms with E-state index < -0.39 is 0 Å². The van der Waals surface area contributed by atoms with Crippen LogP contribution in [0.3, 0.4) is 0 Å². The van der Waals surface area contributed by atoms with Crippen LogP contribution in [0.5, 0.6) is 0 Å². The van der Waals surface area contributed by atoms with Crippen LogP contribution in [-0.2, 0) is 4.74 Å². The molecular weight excluding hydrogens is 142 g/mol. The van der Waals surface area contributed by atoms with Crippen molar-refractivity contribution < 1.29 is 9.84 Å².